The van der Waals surface area contributed by atoms with Gasteiger partial charge in [0.05, 0.1) is 17.1 Å². The van der Waals surface area contributed by atoms with E-state index >= 15 is 0 Å². The van der Waals surface area contributed by atoms with Crippen molar-refractivity contribution in [3.63, 3.8) is 0 Å². The van der Waals surface area contributed by atoms with E-state index < -0.39 is 10.8 Å². The highest BCUT2D eigenvalue weighted by Gasteiger charge is 2.13. The van der Waals surface area contributed by atoms with Crippen molar-refractivity contribution >= 4 is 23.2 Å². The Morgan fingerprint density at radius 1 is 1.50 bits per heavy atom. The standard InChI is InChI=1S/C12H19N5O3/c1-3-4-14-11-6-9(17(19)20)7-12(16-11)15-8(2)5-10(13)18/h6-8H,3-5H2,1-2H3,(H2,13,18)(H2,14,15,16). The van der Waals surface area contributed by atoms with Gasteiger partial charge in [-0.2, -0.15) is 0 Å². The molecule has 0 aromatic carbocycles. The molecule has 1 heterocycles. The number of anilines is 2. The molecule has 4 N–H and O–H groups in total. The van der Waals surface area contributed by atoms with Crippen LogP contribution in [-0.4, -0.2) is 28.4 Å². The Kier molecular flexibility index (Phi) is 5.70. The predicted octanol–water partition coefficient (Wildman–Crippen LogP) is 1.49. The van der Waals surface area contributed by atoms with Crippen molar-refractivity contribution in [3.8, 4) is 0 Å². The summed E-state index contributed by atoms with van der Waals surface area (Å²) >= 11 is 0. The number of hydrogen-bond donors (Lipinski definition) is 3. The highest BCUT2D eigenvalue weighted by atomic mass is 16.6. The highest BCUT2D eigenvalue weighted by Crippen LogP contribution is 2.21. The van der Waals surface area contributed by atoms with E-state index in [-0.39, 0.29) is 18.2 Å². The van der Waals surface area contributed by atoms with Crippen LogP contribution in [0, 0.1) is 10.1 Å². The van der Waals surface area contributed by atoms with Crippen molar-refractivity contribution in [1.82, 2.24) is 4.98 Å². The number of nitro groups is 1. The van der Waals surface area contributed by atoms with Crippen molar-refractivity contribution in [2.45, 2.75) is 32.7 Å². The number of pyridine rings is 1. The molecule has 8 nitrogen and oxygen atoms in total. The van der Waals surface area contributed by atoms with Crippen LogP contribution in [0.3, 0.4) is 0 Å². The van der Waals surface area contributed by atoms with E-state index in [4.69, 9.17) is 5.73 Å². The molecule has 0 aliphatic heterocycles. The quantitative estimate of drug-likeness (QED) is 0.490. The van der Waals surface area contributed by atoms with E-state index in [1.807, 2.05) is 6.92 Å². The van der Waals surface area contributed by atoms with Crippen LogP contribution in [-0.2, 0) is 4.79 Å². The molecular formula is C12H19N5O3. The minimum Gasteiger partial charge on any atom is -0.370 e. The van der Waals surface area contributed by atoms with Gasteiger partial charge in [0, 0.05) is 19.0 Å². The van der Waals surface area contributed by atoms with E-state index in [2.05, 4.69) is 15.6 Å². The van der Waals surface area contributed by atoms with Gasteiger partial charge in [-0.3, -0.25) is 14.9 Å². The number of rotatable bonds is 8. The lowest BCUT2D eigenvalue weighted by Crippen LogP contribution is -2.24. The summed E-state index contributed by atoms with van der Waals surface area (Å²) in [6.07, 6.45) is 1.01. The molecule has 8 heteroatoms. The molecule has 0 radical (unpaired) electrons. The lowest BCUT2D eigenvalue weighted by atomic mass is 10.2. The van der Waals surface area contributed by atoms with Gasteiger partial charge in [-0.1, -0.05) is 6.92 Å². The van der Waals surface area contributed by atoms with E-state index in [1.54, 1.807) is 6.92 Å². The van der Waals surface area contributed by atoms with Gasteiger partial charge in [-0.25, -0.2) is 4.98 Å². The molecule has 1 aromatic heterocycles. The molecule has 1 aromatic rings. The number of nitrogens with one attached hydrogen (secondary N) is 2. The predicted molar refractivity (Wildman–Crippen MR) is 76.6 cm³/mol. The zero-order valence-electron chi connectivity index (χ0n) is 11.5. The Balaban J connectivity index is 2.90. The van der Waals surface area contributed by atoms with Crippen LogP contribution in [0.5, 0.6) is 0 Å². The van der Waals surface area contributed by atoms with Crippen molar-refractivity contribution in [2.75, 3.05) is 17.2 Å². The van der Waals surface area contributed by atoms with Crippen molar-refractivity contribution in [1.29, 1.82) is 0 Å². The second-order valence-corrected chi connectivity index (χ2v) is 4.50. The Bertz CT molecular complexity index is 492. The Labute approximate surface area is 116 Å². The first-order chi connectivity index (χ1) is 9.42. The number of carbonyl (C=O) groups excluding carboxylic acids is 1. The SMILES string of the molecule is CCCNc1cc([N+](=O)[O-])cc(NC(C)CC(N)=O)n1. The number of amides is 1. The average Bonchev–Trinajstić information content (AvgIpc) is 2.34. The summed E-state index contributed by atoms with van der Waals surface area (Å²) in [5.74, 6) is 0.321. The van der Waals surface area contributed by atoms with Crippen LogP contribution < -0.4 is 16.4 Å². The van der Waals surface area contributed by atoms with E-state index in [0.29, 0.717) is 18.2 Å². The Hall–Kier alpha value is -2.38. The minimum absolute atomic E-state index is 0.0626. The smallest absolute Gasteiger partial charge is 0.276 e. The molecule has 1 amide bonds. The summed E-state index contributed by atoms with van der Waals surface area (Å²) in [7, 11) is 0. The van der Waals surface area contributed by atoms with Gasteiger partial charge in [0.2, 0.25) is 5.91 Å². The molecule has 0 fully saturated rings. The summed E-state index contributed by atoms with van der Waals surface area (Å²) in [6.45, 7) is 4.41. The van der Waals surface area contributed by atoms with Crippen molar-refractivity contribution < 1.29 is 9.72 Å². The maximum atomic E-state index is 10.9. The highest BCUT2D eigenvalue weighted by molar-refractivity contribution is 5.74. The van der Waals surface area contributed by atoms with Crippen LogP contribution in [0.2, 0.25) is 0 Å². The number of hydrogen-bond acceptors (Lipinski definition) is 6. The lowest BCUT2D eigenvalue weighted by molar-refractivity contribution is -0.384. The van der Waals surface area contributed by atoms with Gasteiger partial charge >= 0.3 is 0 Å². The third-order valence-corrected chi connectivity index (χ3v) is 2.48. The number of primary amides is 1. The molecule has 1 atom stereocenters. The van der Waals surface area contributed by atoms with Gasteiger partial charge in [0.15, 0.2) is 0 Å². The summed E-state index contributed by atoms with van der Waals surface area (Å²) in [5.41, 5.74) is 5.04. The average molecular weight is 281 g/mol. The fourth-order valence-electron chi connectivity index (χ4n) is 1.64. The van der Waals surface area contributed by atoms with Crippen LogP contribution in [0.15, 0.2) is 12.1 Å². The molecule has 0 saturated carbocycles. The van der Waals surface area contributed by atoms with E-state index in [9.17, 15) is 14.9 Å². The fraction of sp³-hybridized carbons (Fsp3) is 0.500. The van der Waals surface area contributed by atoms with Crippen molar-refractivity contribution in [3.05, 3.63) is 22.2 Å². The van der Waals surface area contributed by atoms with Crippen LogP contribution in [0.4, 0.5) is 17.3 Å². The molecule has 110 valence electrons. The zero-order valence-corrected chi connectivity index (χ0v) is 11.5. The first kappa shape index (κ1) is 15.7. The van der Waals surface area contributed by atoms with Gasteiger partial charge in [0.25, 0.3) is 5.69 Å². The number of carbonyl (C=O) groups is 1. The maximum Gasteiger partial charge on any atom is 0.276 e. The molecule has 0 aliphatic rings. The number of nitrogens with zero attached hydrogens (tertiary/aromatic N) is 2. The lowest BCUT2D eigenvalue weighted by Gasteiger charge is -2.13. The largest absolute Gasteiger partial charge is 0.370 e. The third-order valence-electron chi connectivity index (χ3n) is 2.48. The minimum atomic E-state index is -0.483. The van der Waals surface area contributed by atoms with Gasteiger partial charge in [-0.15, -0.1) is 0 Å². The summed E-state index contributed by atoms with van der Waals surface area (Å²) in [5, 5.41) is 16.8. The van der Waals surface area contributed by atoms with Crippen molar-refractivity contribution in [2.24, 2.45) is 5.73 Å². The van der Waals surface area contributed by atoms with E-state index in [1.165, 1.54) is 12.1 Å². The zero-order chi connectivity index (χ0) is 15.1. The van der Waals surface area contributed by atoms with Crippen LogP contribution in [0.25, 0.3) is 0 Å². The van der Waals surface area contributed by atoms with Gasteiger partial charge in [-0.05, 0) is 13.3 Å². The third kappa shape index (κ3) is 5.09. The topological polar surface area (TPSA) is 123 Å². The first-order valence-corrected chi connectivity index (χ1v) is 6.37. The molecule has 1 unspecified atom stereocenters. The molecule has 1 rings (SSSR count). The molecule has 0 spiro atoms. The molecule has 0 saturated heterocycles. The normalized spacial score (nSPS) is 11.7. The first-order valence-electron chi connectivity index (χ1n) is 6.37. The Morgan fingerprint density at radius 3 is 2.70 bits per heavy atom. The summed E-state index contributed by atoms with van der Waals surface area (Å²) in [6, 6.07) is 2.45. The number of nitrogens with two attached hydrogens (primary N) is 1. The number of aromatic nitrogens is 1. The summed E-state index contributed by atoms with van der Waals surface area (Å²) in [4.78, 5) is 25.5. The Morgan fingerprint density at radius 2 is 2.15 bits per heavy atom. The van der Waals surface area contributed by atoms with E-state index in [0.717, 1.165) is 6.42 Å². The molecule has 20 heavy (non-hydrogen) atoms. The second kappa shape index (κ2) is 7.27. The molecule has 0 aliphatic carbocycles. The monoisotopic (exact) mass is 281 g/mol. The summed E-state index contributed by atoms with van der Waals surface area (Å²) < 4.78 is 0. The molecule has 0 bridgehead atoms. The van der Waals surface area contributed by atoms with Gasteiger partial charge in [0.1, 0.15) is 11.6 Å². The fourth-order valence-corrected chi connectivity index (χ4v) is 1.64. The molecular weight excluding hydrogens is 262 g/mol. The van der Waals surface area contributed by atoms with Crippen LogP contribution >= 0.6 is 0 Å². The van der Waals surface area contributed by atoms with Gasteiger partial charge < -0.3 is 16.4 Å². The second-order valence-electron chi connectivity index (χ2n) is 4.50. The van der Waals surface area contributed by atoms with Crippen LogP contribution in [0.1, 0.15) is 26.7 Å². The maximum absolute atomic E-state index is 10.9.